The number of nitrogens with two attached hydrogens (primary N) is 2. The van der Waals surface area contributed by atoms with Gasteiger partial charge in [0, 0.05) is 6.07 Å². The number of carboxylic acid groups (broad SMARTS) is 1. The van der Waals surface area contributed by atoms with Gasteiger partial charge in [-0.15, -0.1) is 0 Å². The zero-order chi connectivity index (χ0) is 32.5. The van der Waals surface area contributed by atoms with E-state index in [1.54, 1.807) is 67.6 Å². The fourth-order valence-electron chi connectivity index (χ4n) is 5.34. The highest BCUT2D eigenvalue weighted by Crippen LogP contribution is 2.36. The van der Waals surface area contributed by atoms with E-state index in [0.717, 1.165) is 6.07 Å². The Morgan fingerprint density at radius 1 is 0.818 bits per heavy atom. The number of hydrogen-bond donors (Lipinski definition) is 4. The molecule has 0 fully saturated rings. The molecule has 6 N–H and O–H groups in total. The van der Waals surface area contributed by atoms with Gasteiger partial charge >= 0.3 is 5.97 Å². The van der Waals surface area contributed by atoms with Gasteiger partial charge in [0.2, 0.25) is 10.0 Å². The van der Waals surface area contributed by atoms with Crippen LogP contribution in [0.5, 0.6) is 11.5 Å². The first-order valence-corrected chi connectivity index (χ1v) is 15.5. The van der Waals surface area contributed by atoms with E-state index < -0.39 is 51.1 Å². The summed E-state index contributed by atoms with van der Waals surface area (Å²) in [5.41, 5.74) is 11.7. The second kappa shape index (κ2) is 15.1. The van der Waals surface area contributed by atoms with E-state index in [0.29, 0.717) is 11.1 Å². The molecule has 236 valence electrons. The van der Waals surface area contributed by atoms with E-state index >= 15 is 0 Å². The second-order valence-electron chi connectivity index (χ2n) is 10.5. The SMILES string of the molecule is CCCC(C(=O)[C@@H](N)Cc1ccccc1)(C(=O)[C@@H](N)Cc1ccccc1)[C@H](NS(=O)(=O)c1ccc(OC)c(OC)c1)C(=O)O. The number of ketones is 2. The van der Waals surface area contributed by atoms with Crippen LogP contribution in [0.3, 0.4) is 0 Å². The number of sulfonamides is 1. The maximum atomic E-state index is 14.4. The average molecular weight is 626 g/mol. The largest absolute Gasteiger partial charge is 0.493 e. The first-order chi connectivity index (χ1) is 20.9. The van der Waals surface area contributed by atoms with Crippen LogP contribution in [0.2, 0.25) is 0 Å². The molecule has 0 heterocycles. The Balaban J connectivity index is 2.16. The lowest BCUT2D eigenvalue weighted by atomic mass is 9.65. The van der Waals surface area contributed by atoms with Crippen LogP contribution < -0.4 is 25.7 Å². The van der Waals surface area contributed by atoms with Crippen LogP contribution >= 0.6 is 0 Å². The van der Waals surface area contributed by atoms with E-state index in [1.165, 1.54) is 26.4 Å². The van der Waals surface area contributed by atoms with Crippen LogP contribution in [-0.2, 0) is 37.2 Å². The first-order valence-electron chi connectivity index (χ1n) is 14.1. The topological polar surface area (TPSA) is 188 Å². The van der Waals surface area contributed by atoms with Gasteiger partial charge in [0.1, 0.15) is 11.5 Å². The lowest BCUT2D eigenvalue weighted by Crippen LogP contribution is -2.65. The Labute approximate surface area is 257 Å². The summed E-state index contributed by atoms with van der Waals surface area (Å²) >= 11 is 0. The van der Waals surface area contributed by atoms with E-state index in [1.807, 2.05) is 0 Å². The highest BCUT2D eigenvalue weighted by Gasteiger charge is 2.57. The normalized spacial score (nSPS) is 13.8. The molecule has 0 aliphatic rings. The van der Waals surface area contributed by atoms with Crippen molar-refractivity contribution in [1.29, 1.82) is 0 Å². The number of ether oxygens (including phenoxy) is 2. The highest BCUT2D eigenvalue weighted by atomic mass is 32.2. The van der Waals surface area contributed by atoms with Crippen molar-refractivity contribution in [3.05, 3.63) is 90.0 Å². The number of aliphatic carboxylic acids is 1. The van der Waals surface area contributed by atoms with E-state index in [-0.39, 0.29) is 42.1 Å². The summed E-state index contributed by atoms with van der Waals surface area (Å²) in [6, 6.07) is 16.3. The Bertz CT molecular complexity index is 1490. The summed E-state index contributed by atoms with van der Waals surface area (Å²) in [6.45, 7) is 1.66. The van der Waals surface area contributed by atoms with Crippen molar-refractivity contribution in [2.75, 3.05) is 14.2 Å². The molecule has 0 saturated carbocycles. The molecule has 3 aromatic carbocycles. The van der Waals surface area contributed by atoms with Gasteiger partial charge in [-0.1, -0.05) is 74.0 Å². The van der Waals surface area contributed by atoms with Crippen LogP contribution in [0.4, 0.5) is 0 Å². The zero-order valence-electron chi connectivity index (χ0n) is 24.9. The minimum atomic E-state index is -4.65. The summed E-state index contributed by atoms with van der Waals surface area (Å²) in [5.74, 6) is -3.25. The summed E-state index contributed by atoms with van der Waals surface area (Å²) in [4.78, 5) is 41.3. The molecule has 0 aromatic heterocycles. The molecule has 0 aliphatic carbocycles. The second-order valence-corrected chi connectivity index (χ2v) is 12.2. The van der Waals surface area contributed by atoms with Gasteiger partial charge in [-0.3, -0.25) is 14.4 Å². The van der Waals surface area contributed by atoms with E-state index in [2.05, 4.69) is 4.72 Å². The third kappa shape index (κ3) is 7.69. The molecule has 3 rings (SSSR count). The monoisotopic (exact) mass is 625 g/mol. The van der Waals surface area contributed by atoms with Gasteiger partial charge in [-0.05, 0) is 42.5 Å². The quantitative estimate of drug-likeness (QED) is 0.162. The van der Waals surface area contributed by atoms with Gasteiger partial charge in [-0.2, -0.15) is 4.72 Å². The number of carbonyl (C=O) groups excluding carboxylic acids is 2. The number of methoxy groups -OCH3 is 2. The van der Waals surface area contributed by atoms with Crippen LogP contribution in [-0.4, -0.2) is 63.4 Å². The molecule has 0 amide bonds. The van der Waals surface area contributed by atoms with Gasteiger partial charge in [0.25, 0.3) is 0 Å². The molecule has 11 nitrogen and oxygen atoms in total. The van der Waals surface area contributed by atoms with Crippen molar-refractivity contribution >= 4 is 27.6 Å². The van der Waals surface area contributed by atoms with Crippen molar-refractivity contribution in [3.8, 4) is 11.5 Å². The van der Waals surface area contributed by atoms with Gasteiger partial charge < -0.3 is 26.0 Å². The molecule has 12 heteroatoms. The average Bonchev–Trinajstić information content (AvgIpc) is 3.02. The molecule has 0 radical (unpaired) electrons. The number of carboxylic acids is 1. The third-order valence-corrected chi connectivity index (χ3v) is 8.89. The minimum absolute atomic E-state index is 0.0128. The first kappa shape index (κ1) is 34.4. The van der Waals surface area contributed by atoms with E-state index in [9.17, 15) is 27.9 Å². The molecule has 0 unspecified atom stereocenters. The fourth-order valence-corrected chi connectivity index (χ4v) is 6.60. The Kier molecular flexibility index (Phi) is 11.8. The van der Waals surface area contributed by atoms with Gasteiger partial charge in [0.15, 0.2) is 23.1 Å². The number of hydrogen-bond acceptors (Lipinski definition) is 9. The van der Waals surface area contributed by atoms with E-state index in [4.69, 9.17) is 20.9 Å². The maximum Gasteiger partial charge on any atom is 0.323 e. The van der Waals surface area contributed by atoms with Gasteiger partial charge in [0.05, 0.1) is 31.2 Å². The molecular weight excluding hydrogens is 586 g/mol. The molecule has 3 aromatic rings. The smallest absolute Gasteiger partial charge is 0.323 e. The van der Waals surface area contributed by atoms with Crippen LogP contribution in [0, 0.1) is 5.41 Å². The summed E-state index contributed by atoms with van der Waals surface area (Å²) < 4.78 is 39.9. The fraction of sp³-hybridized carbons (Fsp3) is 0.344. The number of carbonyl (C=O) groups is 3. The lowest BCUT2D eigenvalue weighted by molar-refractivity contribution is -0.155. The third-order valence-electron chi connectivity index (χ3n) is 7.47. The Morgan fingerprint density at radius 2 is 1.30 bits per heavy atom. The molecule has 0 saturated heterocycles. The molecule has 44 heavy (non-hydrogen) atoms. The van der Waals surface area contributed by atoms with Gasteiger partial charge in [-0.25, -0.2) is 8.42 Å². The standard InChI is InChI=1S/C32H39N3O8S/c1-4-17-32(29(36)24(33)18-21-11-7-5-8-12-21,30(37)25(34)19-22-13-9-6-10-14-22)28(31(38)39)35-44(40,41)23-15-16-26(42-2)27(20-23)43-3/h5-16,20,24-25,28,35H,4,17-19,33-34H2,1-3H3,(H,38,39)/t24-,25-,28+/m0/s1. The molecule has 0 aliphatic heterocycles. The Hall–Kier alpha value is -4.10. The number of rotatable bonds is 17. The molecule has 0 bridgehead atoms. The van der Waals surface area contributed by atoms with Crippen molar-refractivity contribution in [2.24, 2.45) is 16.9 Å². The zero-order valence-corrected chi connectivity index (χ0v) is 25.8. The summed E-state index contributed by atoms with van der Waals surface area (Å²) in [6.07, 6.45) is -0.196. The predicted octanol–water partition coefficient (Wildman–Crippen LogP) is 2.50. The van der Waals surface area contributed by atoms with Crippen LogP contribution in [0.15, 0.2) is 83.8 Å². The van der Waals surface area contributed by atoms with Crippen LogP contribution in [0.25, 0.3) is 0 Å². The van der Waals surface area contributed by atoms with Crippen LogP contribution in [0.1, 0.15) is 30.9 Å². The Morgan fingerprint density at radius 3 is 1.70 bits per heavy atom. The van der Waals surface area contributed by atoms with Crippen molar-refractivity contribution in [3.63, 3.8) is 0 Å². The maximum absolute atomic E-state index is 14.4. The molecule has 0 spiro atoms. The number of nitrogens with one attached hydrogen (secondary N) is 1. The summed E-state index contributed by atoms with van der Waals surface area (Å²) in [7, 11) is -1.97. The highest BCUT2D eigenvalue weighted by molar-refractivity contribution is 7.89. The molecule has 3 atom stereocenters. The predicted molar refractivity (Wildman–Crippen MR) is 165 cm³/mol. The molecular formula is C32H39N3O8S. The number of Topliss-reactive ketones (excluding diaryl/α,β-unsaturated/α-hetero) is 2. The number of benzene rings is 3. The minimum Gasteiger partial charge on any atom is -0.493 e. The van der Waals surface area contributed by atoms with Crippen molar-refractivity contribution in [2.45, 2.75) is 55.6 Å². The summed E-state index contributed by atoms with van der Waals surface area (Å²) in [5, 5.41) is 10.5. The van der Waals surface area contributed by atoms with Crippen molar-refractivity contribution < 1.29 is 37.4 Å². The van der Waals surface area contributed by atoms with Crippen molar-refractivity contribution in [1.82, 2.24) is 4.72 Å². The lowest BCUT2D eigenvalue weighted by Gasteiger charge is -2.39.